The number of benzene rings is 1. The zero-order valence-corrected chi connectivity index (χ0v) is 12.1. The molecule has 1 saturated carbocycles. The summed E-state index contributed by atoms with van der Waals surface area (Å²) in [6, 6.07) is 8.14. The molecule has 0 heterocycles. The Labute approximate surface area is 116 Å². The quantitative estimate of drug-likeness (QED) is 0.643. The average molecular weight is 343 g/mol. The maximum absolute atomic E-state index is 12.1. The van der Waals surface area contributed by atoms with Crippen molar-refractivity contribution in [2.75, 3.05) is 0 Å². The van der Waals surface area contributed by atoms with Gasteiger partial charge in [0.1, 0.15) is 0 Å². The van der Waals surface area contributed by atoms with Gasteiger partial charge in [-0.05, 0) is 53.6 Å². The molecule has 0 atom stereocenters. The van der Waals surface area contributed by atoms with Crippen molar-refractivity contribution in [2.45, 2.75) is 44.6 Å². The zero-order valence-electron chi connectivity index (χ0n) is 9.92. The Kier molecular flexibility index (Phi) is 4.83. The Bertz CT molecular complexity index is 384. The monoisotopic (exact) mass is 343 g/mol. The summed E-state index contributed by atoms with van der Waals surface area (Å²) in [5.41, 5.74) is 0.779. The lowest BCUT2D eigenvalue weighted by atomic mass is 10.1. The number of hydrogen-bond acceptors (Lipinski definition) is 1. The molecule has 0 unspecified atom stereocenters. The van der Waals surface area contributed by atoms with Crippen molar-refractivity contribution < 1.29 is 4.79 Å². The number of halogens is 1. The van der Waals surface area contributed by atoms with Crippen LogP contribution < -0.4 is 5.32 Å². The van der Waals surface area contributed by atoms with Gasteiger partial charge in [0.25, 0.3) is 5.91 Å². The van der Waals surface area contributed by atoms with Gasteiger partial charge in [-0.25, -0.2) is 0 Å². The van der Waals surface area contributed by atoms with Crippen LogP contribution in [-0.4, -0.2) is 11.9 Å². The van der Waals surface area contributed by atoms with Gasteiger partial charge in [0.15, 0.2) is 0 Å². The third-order valence-corrected chi connectivity index (χ3v) is 3.95. The van der Waals surface area contributed by atoms with E-state index in [0.717, 1.165) is 22.0 Å². The number of rotatable bonds is 2. The van der Waals surface area contributed by atoms with Gasteiger partial charge in [-0.15, -0.1) is 0 Å². The maximum atomic E-state index is 12.1. The van der Waals surface area contributed by atoms with Gasteiger partial charge >= 0.3 is 0 Å². The molecule has 1 aromatic carbocycles. The molecule has 1 aromatic rings. The fourth-order valence-corrected chi connectivity index (χ4v) is 2.87. The van der Waals surface area contributed by atoms with Gasteiger partial charge in [0.2, 0.25) is 0 Å². The molecule has 0 bridgehead atoms. The molecule has 0 spiro atoms. The topological polar surface area (TPSA) is 29.1 Å². The normalized spacial score (nSPS) is 17.5. The van der Waals surface area contributed by atoms with E-state index in [1.165, 1.54) is 25.7 Å². The van der Waals surface area contributed by atoms with Crippen LogP contribution in [0, 0.1) is 3.57 Å². The highest BCUT2D eigenvalue weighted by atomic mass is 127. The van der Waals surface area contributed by atoms with Gasteiger partial charge in [0, 0.05) is 15.2 Å². The fraction of sp³-hybridized carbons (Fsp3) is 0.500. The Morgan fingerprint density at radius 3 is 2.53 bits per heavy atom. The summed E-state index contributed by atoms with van der Waals surface area (Å²) in [5, 5.41) is 3.16. The minimum absolute atomic E-state index is 0.0791. The van der Waals surface area contributed by atoms with Crippen LogP contribution in [0.4, 0.5) is 0 Å². The lowest BCUT2D eigenvalue weighted by Crippen LogP contribution is -2.34. The second kappa shape index (κ2) is 6.38. The van der Waals surface area contributed by atoms with E-state index >= 15 is 0 Å². The standard InChI is InChI=1S/C14H18INO/c15-12-7-5-6-11(10-12)14(17)16-13-8-3-1-2-4-9-13/h5-7,10,13H,1-4,8-9H2,(H,16,17). The summed E-state index contributed by atoms with van der Waals surface area (Å²) in [5.74, 6) is 0.0791. The minimum atomic E-state index is 0.0791. The molecule has 1 aliphatic carbocycles. The summed E-state index contributed by atoms with van der Waals surface area (Å²) in [7, 11) is 0. The van der Waals surface area contributed by atoms with Crippen LogP contribution in [0.3, 0.4) is 0 Å². The molecule has 0 saturated heterocycles. The number of nitrogens with one attached hydrogen (secondary N) is 1. The fourth-order valence-electron chi connectivity index (χ4n) is 2.32. The second-order valence-electron chi connectivity index (χ2n) is 4.67. The van der Waals surface area contributed by atoms with Crippen molar-refractivity contribution in [3.05, 3.63) is 33.4 Å². The predicted molar refractivity (Wildman–Crippen MR) is 78.1 cm³/mol. The van der Waals surface area contributed by atoms with Crippen LogP contribution in [0.1, 0.15) is 48.9 Å². The first kappa shape index (κ1) is 12.9. The first-order valence-corrected chi connectivity index (χ1v) is 7.40. The highest BCUT2D eigenvalue weighted by Crippen LogP contribution is 2.18. The summed E-state index contributed by atoms with van der Waals surface area (Å²) in [6.45, 7) is 0. The molecule has 0 aliphatic heterocycles. The van der Waals surface area contributed by atoms with Gasteiger partial charge in [-0.1, -0.05) is 31.7 Å². The maximum Gasteiger partial charge on any atom is 0.251 e. The first-order valence-electron chi connectivity index (χ1n) is 6.32. The van der Waals surface area contributed by atoms with E-state index in [1.807, 2.05) is 24.3 Å². The molecule has 0 aromatic heterocycles. The van der Waals surface area contributed by atoms with Crippen molar-refractivity contribution in [1.82, 2.24) is 5.32 Å². The minimum Gasteiger partial charge on any atom is -0.349 e. The van der Waals surface area contributed by atoms with Crippen molar-refractivity contribution >= 4 is 28.5 Å². The molecule has 0 radical (unpaired) electrons. The van der Waals surface area contributed by atoms with Crippen LogP contribution in [0.5, 0.6) is 0 Å². The van der Waals surface area contributed by atoms with E-state index < -0.39 is 0 Å². The van der Waals surface area contributed by atoms with E-state index in [-0.39, 0.29) is 5.91 Å². The molecule has 1 N–H and O–H groups in total. The van der Waals surface area contributed by atoms with Crippen LogP contribution in [0.15, 0.2) is 24.3 Å². The van der Waals surface area contributed by atoms with Crippen molar-refractivity contribution in [2.24, 2.45) is 0 Å². The number of carbonyl (C=O) groups is 1. The van der Waals surface area contributed by atoms with Gasteiger partial charge in [0.05, 0.1) is 0 Å². The number of hydrogen-bond donors (Lipinski definition) is 1. The average Bonchev–Trinajstić information content (AvgIpc) is 2.57. The summed E-state index contributed by atoms with van der Waals surface area (Å²) in [6.07, 6.45) is 7.39. The van der Waals surface area contributed by atoms with Gasteiger partial charge in [-0.2, -0.15) is 0 Å². The largest absolute Gasteiger partial charge is 0.349 e. The molecule has 17 heavy (non-hydrogen) atoms. The molecule has 2 rings (SSSR count). The summed E-state index contributed by atoms with van der Waals surface area (Å²) in [4.78, 5) is 12.1. The lowest BCUT2D eigenvalue weighted by Gasteiger charge is -2.16. The molecule has 1 fully saturated rings. The van der Waals surface area contributed by atoms with Gasteiger partial charge < -0.3 is 5.32 Å². The second-order valence-corrected chi connectivity index (χ2v) is 5.92. The van der Waals surface area contributed by atoms with Crippen molar-refractivity contribution in [3.63, 3.8) is 0 Å². The predicted octanol–water partition coefficient (Wildman–Crippen LogP) is 3.74. The Morgan fingerprint density at radius 2 is 1.88 bits per heavy atom. The van der Waals surface area contributed by atoms with Crippen LogP contribution in [0.25, 0.3) is 0 Å². The molecule has 3 heteroatoms. The smallest absolute Gasteiger partial charge is 0.251 e. The Balaban J connectivity index is 1.96. The van der Waals surface area contributed by atoms with Crippen LogP contribution in [0.2, 0.25) is 0 Å². The molecule has 2 nitrogen and oxygen atoms in total. The number of amides is 1. The summed E-state index contributed by atoms with van der Waals surface area (Å²) < 4.78 is 1.11. The summed E-state index contributed by atoms with van der Waals surface area (Å²) >= 11 is 2.24. The first-order chi connectivity index (χ1) is 8.25. The Hall–Kier alpha value is -0.580. The van der Waals surface area contributed by atoms with Crippen LogP contribution in [-0.2, 0) is 0 Å². The van der Waals surface area contributed by atoms with E-state index in [2.05, 4.69) is 27.9 Å². The molecular weight excluding hydrogens is 325 g/mol. The van der Waals surface area contributed by atoms with Crippen molar-refractivity contribution in [1.29, 1.82) is 0 Å². The molecule has 1 amide bonds. The lowest BCUT2D eigenvalue weighted by molar-refractivity contribution is 0.0933. The van der Waals surface area contributed by atoms with E-state index in [4.69, 9.17) is 0 Å². The molecule has 92 valence electrons. The van der Waals surface area contributed by atoms with E-state index in [0.29, 0.717) is 6.04 Å². The van der Waals surface area contributed by atoms with E-state index in [9.17, 15) is 4.79 Å². The van der Waals surface area contributed by atoms with Gasteiger partial charge in [-0.3, -0.25) is 4.79 Å². The SMILES string of the molecule is O=C(NC1CCCCCC1)c1cccc(I)c1. The third-order valence-electron chi connectivity index (χ3n) is 3.28. The Morgan fingerprint density at radius 1 is 1.18 bits per heavy atom. The highest BCUT2D eigenvalue weighted by Gasteiger charge is 2.15. The number of carbonyl (C=O) groups excluding carboxylic acids is 1. The van der Waals surface area contributed by atoms with Crippen LogP contribution >= 0.6 is 22.6 Å². The van der Waals surface area contributed by atoms with Crippen molar-refractivity contribution in [3.8, 4) is 0 Å². The highest BCUT2D eigenvalue weighted by molar-refractivity contribution is 14.1. The molecular formula is C14H18INO. The molecule has 1 aliphatic rings. The van der Waals surface area contributed by atoms with E-state index in [1.54, 1.807) is 0 Å². The third kappa shape index (κ3) is 3.98. The zero-order chi connectivity index (χ0) is 12.1.